The molecule has 0 spiro atoms. The van der Waals surface area contributed by atoms with E-state index in [2.05, 4.69) is 37.3 Å². The second-order valence-electron chi connectivity index (χ2n) is 6.14. The van der Waals surface area contributed by atoms with Gasteiger partial charge in [0.1, 0.15) is 5.82 Å². The van der Waals surface area contributed by atoms with E-state index in [1.54, 1.807) is 0 Å². The second kappa shape index (κ2) is 7.44. The summed E-state index contributed by atoms with van der Waals surface area (Å²) in [6.07, 6.45) is 7.23. The van der Waals surface area contributed by atoms with Crippen LogP contribution in [0.25, 0.3) is 21.9 Å². The Labute approximate surface area is 143 Å². The minimum atomic E-state index is -0.128. The Balaban J connectivity index is 1.96. The van der Waals surface area contributed by atoms with E-state index in [9.17, 15) is 4.39 Å². The molecule has 0 nitrogen and oxygen atoms in total. The molecule has 0 amide bonds. The molecule has 0 radical (unpaired) electrons. The van der Waals surface area contributed by atoms with Crippen LogP contribution in [0.1, 0.15) is 31.4 Å². The largest absolute Gasteiger partial charge is 0.206 e. The maximum Gasteiger partial charge on any atom is 0.138 e. The van der Waals surface area contributed by atoms with Crippen LogP contribution >= 0.6 is 0 Å². The molecule has 3 aromatic rings. The van der Waals surface area contributed by atoms with Crippen LogP contribution in [-0.4, -0.2) is 0 Å². The molecule has 0 atom stereocenters. The van der Waals surface area contributed by atoms with Crippen LogP contribution < -0.4 is 0 Å². The Morgan fingerprint density at radius 3 is 2.38 bits per heavy atom. The summed E-state index contributed by atoms with van der Waals surface area (Å²) in [5, 5.41) is 1.67. The first-order valence-corrected chi connectivity index (χ1v) is 8.64. The van der Waals surface area contributed by atoms with Crippen molar-refractivity contribution in [2.45, 2.75) is 33.1 Å². The molecule has 0 N–H and O–H groups in total. The standard InChI is InChI=1S/C23H23F/c1-3-5-6-7-18-10-14-22-20(16-18)13-15-21(23(22)24)19-11-8-17(4-2)9-12-19/h3,5,8-16H,4,6-7H2,1-2H3/b5-3+. The number of rotatable bonds is 5. The first-order valence-electron chi connectivity index (χ1n) is 8.64. The van der Waals surface area contributed by atoms with Crippen LogP contribution in [-0.2, 0) is 12.8 Å². The number of benzene rings is 3. The second-order valence-corrected chi connectivity index (χ2v) is 6.14. The third-order valence-electron chi connectivity index (χ3n) is 4.53. The van der Waals surface area contributed by atoms with Gasteiger partial charge in [-0.05, 0) is 48.3 Å². The van der Waals surface area contributed by atoms with Gasteiger partial charge >= 0.3 is 0 Å². The average Bonchev–Trinajstić information content (AvgIpc) is 2.62. The highest BCUT2D eigenvalue weighted by molar-refractivity contribution is 5.88. The van der Waals surface area contributed by atoms with Gasteiger partial charge in [0.2, 0.25) is 0 Å². The van der Waals surface area contributed by atoms with Crippen molar-refractivity contribution in [3.8, 4) is 11.1 Å². The summed E-state index contributed by atoms with van der Waals surface area (Å²) < 4.78 is 15.0. The van der Waals surface area contributed by atoms with Crippen molar-refractivity contribution >= 4 is 10.8 Å². The number of halogens is 1. The van der Waals surface area contributed by atoms with Gasteiger partial charge < -0.3 is 0 Å². The van der Waals surface area contributed by atoms with Gasteiger partial charge in [-0.15, -0.1) is 0 Å². The zero-order valence-electron chi connectivity index (χ0n) is 14.4. The molecule has 1 heteroatoms. The van der Waals surface area contributed by atoms with Crippen molar-refractivity contribution in [1.82, 2.24) is 0 Å². The van der Waals surface area contributed by atoms with Crippen LogP contribution in [0.3, 0.4) is 0 Å². The quantitative estimate of drug-likeness (QED) is 0.458. The van der Waals surface area contributed by atoms with Crippen LogP contribution in [0.2, 0.25) is 0 Å². The normalized spacial score (nSPS) is 11.5. The predicted molar refractivity (Wildman–Crippen MR) is 102 cm³/mol. The maximum atomic E-state index is 15.0. The Morgan fingerprint density at radius 2 is 1.67 bits per heavy atom. The third kappa shape index (κ3) is 3.41. The number of hydrogen-bond donors (Lipinski definition) is 0. The molecule has 0 aliphatic rings. The van der Waals surface area contributed by atoms with Crippen LogP contribution in [0.15, 0.2) is 66.7 Å². The Morgan fingerprint density at radius 1 is 0.917 bits per heavy atom. The zero-order chi connectivity index (χ0) is 16.9. The van der Waals surface area contributed by atoms with E-state index in [1.807, 2.05) is 43.3 Å². The number of hydrogen-bond acceptors (Lipinski definition) is 0. The fourth-order valence-corrected chi connectivity index (χ4v) is 3.06. The van der Waals surface area contributed by atoms with Crippen molar-refractivity contribution in [3.05, 3.63) is 83.7 Å². The summed E-state index contributed by atoms with van der Waals surface area (Å²) in [6.45, 7) is 4.16. The number of allylic oxidation sites excluding steroid dienone is 2. The first-order chi connectivity index (χ1) is 11.7. The lowest BCUT2D eigenvalue weighted by Gasteiger charge is -2.09. The minimum absolute atomic E-state index is 0.128. The molecule has 0 fully saturated rings. The highest BCUT2D eigenvalue weighted by Crippen LogP contribution is 2.30. The van der Waals surface area contributed by atoms with Gasteiger partial charge in [-0.3, -0.25) is 0 Å². The van der Waals surface area contributed by atoms with Crippen LogP contribution in [0.4, 0.5) is 4.39 Å². The number of fused-ring (bicyclic) bond motifs is 1. The molecule has 0 heterocycles. The molecular weight excluding hydrogens is 295 g/mol. The summed E-state index contributed by atoms with van der Waals surface area (Å²) in [4.78, 5) is 0. The van der Waals surface area contributed by atoms with Crippen molar-refractivity contribution in [2.75, 3.05) is 0 Å². The lowest BCUT2D eigenvalue weighted by Crippen LogP contribution is -1.90. The monoisotopic (exact) mass is 318 g/mol. The fourth-order valence-electron chi connectivity index (χ4n) is 3.06. The van der Waals surface area contributed by atoms with Crippen molar-refractivity contribution in [1.29, 1.82) is 0 Å². The highest BCUT2D eigenvalue weighted by atomic mass is 19.1. The van der Waals surface area contributed by atoms with Crippen molar-refractivity contribution in [3.63, 3.8) is 0 Å². The van der Waals surface area contributed by atoms with E-state index in [0.29, 0.717) is 10.9 Å². The first kappa shape index (κ1) is 16.4. The van der Waals surface area contributed by atoms with E-state index in [4.69, 9.17) is 0 Å². The molecule has 0 aliphatic carbocycles. The van der Waals surface area contributed by atoms with Gasteiger partial charge in [-0.2, -0.15) is 0 Å². The smallest absolute Gasteiger partial charge is 0.138 e. The molecule has 0 saturated heterocycles. The summed E-state index contributed by atoms with van der Waals surface area (Å²) in [7, 11) is 0. The molecule has 3 aromatic carbocycles. The SMILES string of the molecule is C/C=C/CCc1ccc2c(F)c(-c3ccc(CC)cc3)ccc2c1. The van der Waals surface area contributed by atoms with Crippen molar-refractivity contribution < 1.29 is 4.39 Å². The highest BCUT2D eigenvalue weighted by Gasteiger charge is 2.10. The van der Waals surface area contributed by atoms with Gasteiger partial charge in [-0.1, -0.05) is 73.7 Å². The van der Waals surface area contributed by atoms with E-state index < -0.39 is 0 Å². The molecule has 0 aliphatic heterocycles. The Bertz CT molecular complexity index is 857. The third-order valence-corrected chi connectivity index (χ3v) is 4.53. The molecule has 122 valence electrons. The van der Waals surface area contributed by atoms with Gasteiger partial charge in [0.25, 0.3) is 0 Å². The maximum absolute atomic E-state index is 15.0. The van der Waals surface area contributed by atoms with Gasteiger partial charge in [-0.25, -0.2) is 4.39 Å². The molecule has 0 bridgehead atoms. The van der Waals surface area contributed by atoms with Crippen molar-refractivity contribution in [2.24, 2.45) is 0 Å². The van der Waals surface area contributed by atoms with E-state index >= 15 is 0 Å². The van der Waals surface area contributed by atoms with E-state index in [1.165, 1.54) is 11.1 Å². The average molecular weight is 318 g/mol. The zero-order valence-corrected chi connectivity index (χ0v) is 14.4. The summed E-state index contributed by atoms with van der Waals surface area (Å²) in [6, 6.07) is 18.1. The predicted octanol–water partition coefficient (Wildman–Crippen LogP) is 6.72. The lowest BCUT2D eigenvalue weighted by molar-refractivity contribution is 0.643. The summed E-state index contributed by atoms with van der Waals surface area (Å²) in [5.74, 6) is -0.128. The minimum Gasteiger partial charge on any atom is -0.206 e. The van der Waals surface area contributed by atoms with Gasteiger partial charge in [0, 0.05) is 10.9 Å². The summed E-state index contributed by atoms with van der Waals surface area (Å²) in [5.41, 5.74) is 4.13. The number of aryl methyl sites for hydroxylation is 2. The van der Waals surface area contributed by atoms with E-state index in [-0.39, 0.29) is 5.82 Å². The van der Waals surface area contributed by atoms with E-state index in [0.717, 1.165) is 30.2 Å². The van der Waals surface area contributed by atoms with Gasteiger partial charge in [0.15, 0.2) is 0 Å². The summed E-state index contributed by atoms with van der Waals surface area (Å²) >= 11 is 0. The Kier molecular flexibility index (Phi) is 5.10. The van der Waals surface area contributed by atoms with Crippen LogP contribution in [0.5, 0.6) is 0 Å². The topological polar surface area (TPSA) is 0 Å². The molecule has 0 aromatic heterocycles. The van der Waals surface area contributed by atoms with Crippen LogP contribution in [0, 0.1) is 5.82 Å². The fraction of sp³-hybridized carbons (Fsp3) is 0.217. The lowest BCUT2D eigenvalue weighted by atomic mass is 9.97. The molecule has 24 heavy (non-hydrogen) atoms. The Hall–Kier alpha value is -2.41. The molecule has 3 rings (SSSR count). The molecule has 0 unspecified atom stereocenters. The van der Waals surface area contributed by atoms with Gasteiger partial charge in [0.05, 0.1) is 0 Å². The molecular formula is C23H23F. The molecule has 0 saturated carbocycles.